The quantitative estimate of drug-likeness (QED) is 0.467. The largest absolute Gasteiger partial charge is 0.480 e. The summed E-state index contributed by atoms with van der Waals surface area (Å²) < 4.78 is 0. The average molecular weight is 293 g/mol. The number of amides is 2. The van der Waals surface area contributed by atoms with Crippen molar-refractivity contribution in [3.05, 3.63) is 35.9 Å². The first kappa shape index (κ1) is 16.6. The Balaban J connectivity index is 2.29. The minimum Gasteiger partial charge on any atom is -0.480 e. The number of hydrogen-bond donors (Lipinski definition) is 4. The number of nitrogens with one attached hydrogen (secondary N) is 2. The first-order chi connectivity index (χ1) is 10.0. The summed E-state index contributed by atoms with van der Waals surface area (Å²) in [6, 6.07) is 7.86. The van der Waals surface area contributed by atoms with E-state index in [1.54, 1.807) is 24.3 Å². The molecule has 0 bridgehead atoms. The van der Waals surface area contributed by atoms with Gasteiger partial charge in [-0.3, -0.25) is 14.4 Å². The van der Waals surface area contributed by atoms with Crippen molar-refractivity contribution in [3.63, 3.8) is 0 Å². The van der Waals surface area contributed by atoms with Crippen molar-refractivity contribution in [2.75, 3.05) is 13.1 Å². The predicted molar refractivity (Wildman–Crippen MR) is 76.6 cm³/mol. The number of aliphatic carboxylic acids is 1. The van der Waals surface area contributed by atoms with Gasteiger partial charge >= 0.3 is 5.97 Å². The van der Waals surface area contributed by atoms with Crippen molar-refractivity contribution < 1.29 is 19.5 Å². The Morgan fingerprint density at radius 2 is 1.81 bits per heavy atom. The third-order valence-corrected chi connectivity index (χ3v) is 2.81. The van der Waals surface area contributed by atoms with Gasteiger partial charge in [-0.05, 0) is 18.6 Å². The molecule has 0 radical (unpaired) electrons. The van der Waals surface area contributed by atoms with Crippen LogP contribution in [-0.4, -0.2) is 42.0 Å². The zero-order chi connectivity index (χ0) is 15.7. The number of nitrogens with two attached hydrogens (primary N) is 1. The van der Waals surface area contributed by atoms with E-state index >= 15 is 0 Å². The molecule has 0 aliphatic carbocycles. The Kier molecular flexibility index (Phi) is 6.90. The van der Waals surface area contributed by atoms with Crippen LogP contribution in [0.1, 0.15) is 23.2 Å². The summed E-state index contributed by atoms with van der Waals surface area (Å²) in [5, 5.41) is 14.4. The van der Waals surface area contributed by atoms with E-state index in [-0.39, 0.29) is 31.8 Å². The summed E-state index contributed by atoms with van der Waals surface area (Å²) in [4.78, 5) is 33.3. The molecule has 1 rings (SSSR count). The molecular formula is C14H19N3O4. The molecule has 0 fully saturated rings. The molecule has 1 atom stereocenters. The van der Waals surface area contributed by atoms with E-state index in [2.05, 4.69) is 10.6 Å². The monoisotopic (exact) mass is 293 g/mol. The SMILES string of the molecule is NC(=O)CC[C@H](NCCNC(=O)c1ccccc1)C(=O)O. The number of carbonyl (C=O) groups is 3. The third-order valence-electron chi connectivity index (χ3n) is 2.81. The van der Waals surface area contributed by atoms with Crippen molar-refractivity contribution in [1.82, 2.24) is 10.6 Å². The third kappa shape index (κ3) is 6.53. The van der Waals surface area contributed by atoms with Crippen molar-refractivity contribution in [1.29, 1.82) is 0 Å². The lowest BCUT2D eigenvalue weighted by molar-refractivity contribution is -0.139. The molecule has 1 aromatic rings. The standard InChI is InChI=1S/C14H19N3O4/c15-12(18)7-6-11(14(20)21)16-8-9-17-13(19)10-4-2-1-3-5-10/h1-5,11,16H,6-9H2,(H2,15,18)(H,17,19)(H,20,21)/t11-/m0/s1. The first-order valence-corrected chi connectivity index (χ1v) is 6.58. The molecule has 0 spiro atoms. The van der Waals surface area contributed by atoms with Crippen LogP contribution in [-0.2, 0) is 9.59 Å². The van der Waals surface area contributed by atoms with Crippen LogP contribution in [0.4, 0.5) is 0 Å². The second kappa shape index (κ2) is 8.70. The summed E-state index contributed by atoms with van der Waals surface area (Å²) in [6.45, 7) is 0.572. The topological polar surface area (TPSA) is 122 Å². The van der Waals surface area contributed by atoms with Crippen LogP contribution in [0.15, 0.2) is 30.3 Å². The molecule has 7 heteroatoms. The fraction of sp³-hybridized carbons (Fsp3) is 0.357. The number of carbonyl (C=O) groups excluding carboxylic acids is 2. The molecule has 1 aromatic carbocycles. The van der Waals surface area contributed by atoms with E-state index in [1.165, 1.54) is 0 Å². The minimum absolute atomic E-state index is 0.000338. The summed E-state index contributed by atoms with van der Waals surface area (Å²) in [5.41, 5.74) is 5.53. The van der Waals surface area contributed by atoms with Crippen molar-refractivity contribution in [2.45, 2.75) is 18.9 Å². The number of carboxylic acid groups (broad SMARTS) is 1. The van der Waals surface area contributed by atoms with Crippen LogP contribution >= 0.6 is 0 Å². The second-order valence-electron chi connectivity index (χ2n) is 4.47. The zero-order valence-corrected chi connectivity index (χ0v) is 11.5. The van der Waals surface area contributed by atoms with Crippen LogP contribution in [0.5, 0.6) is 0 Å². The molecule has 0 aliphatic rings. The van der Waals surface area contributed by atoms with E-state index in [1.807, 2.05) is 6.07 Å². The van der Waals surface area contributed by atoms with Gasteiger partial charge < -0.3 is 21.5 Å². The Labute approximate surface area is 122 Å². The molecule has 0 aromatic heterocycles. The lowest BCUT2D eigenvalue weighted by Gasteiger charge is -2.13. The molecule has 0 heterocycles. The van der Waals surface area contributed by atoms with Gasteiger partial charge in [0.05, 0.1) is 0 Å². The Morgan fingerprint density at radius 1 is 1.14 bits per heavy atom. The van der Waals surface area contributed by atoms with Crippen LogP contribution in [0.2, 0.25) is 0 Å². The predicted octanol–water partition coefficient (Wildman–Crippen LogP) is -0.275. The van der Waals surface area contributed by atoms with E-state index in [0.29, 0.717) is 5.56 Å². The summed E-state index contributed by atoms with van der Waals surface area (Å²) in [5.74, 6) is -1.81. The highest BCUT2D eigenvalue weighted by Gasteiger charge is 2.17. The second-order valence-corrected chi connectivity index (χ2v) is 4.47. The molecule has 2 amide bonds. The van der Waals surface area contributed by atoms with Gasteiger partial charge in [0.15, 0.2) is 0 Å². The van der Waals surface area contributed by atoms with E-state index in [0.717, 1.165) is 0 Å². The Morgan fingerprint density at radius 3 is 2.38 bits per heavy atom. The lowest BCUT2D eigenvalue weighted by Crippen LogP contribution is -2.41. The smallest absolute Gasteiger partial charge is 0.320 e. The molecule has 21 heavy (non-hydrogen) atoms. The highest BCUT2D eigenvalue weighted by molar-refractivity contribution is 5.94. The molecule has 0 unspecified atom stereocenters. The van der Waals surface area contributed by atoms with Crippen molar-refractivity contribution in [2.24, 2.45) is 5.73 Å². The molecule has 0 saturated heterocycles. The van der Waals surface area contributed by atoms with Gasteiger partial charge in [-0.25, -0.2) is 0 Å². The maximum Gasteiger partial charge on any atom is 0.320 e. The minimum atomic E-state index is -1.05. The molecule has 0 aliphatic heterocycles. The van der Waals surface area contributed by atoms with Gasteiger partial charge in [0.1, 0.15) is 6.04 Å². The molecular weight excluding hydrogens is 274 g/mol. The molecule has 114 valence electrons. The van der Waals surface area contributed by atoms with E-state index in [9.17, 15) is 14.4 Å². The van der Waals surface area contributed by atoms with Crippen LogP contribution < -0.4 is 16.4 Å². The number of benzene rings is 1. The molecule has 0 saturated carbocycles. The maximum absolute atomic E-state index is 11.7. The first-order valence-electron chi connectivity index (χ1n) is 6.58. The fourth-order valence-electron chi connectivity index (χ4n) is 1.71. The van der Waals surface area contributed by atoms with Crippen LogP contribution in [0.25, 0.3) is 0 Å². The van der Waals surface area contributed by atoms with Gasteiger partial charge in [0.25, 0.3) is 5.91 Å². The highest BCUT2D eigenvalue weighted by atomic mass is 16.4. The summed E-state index contributed by atoms with van der Waals surface area (Å²) in [6.07, 6.45) is 0.123. The Hall–Kier alpha value is -2.41. The van der Waals surface area contributed by atoms with Crippen molar-refractivity contribution in [3.8, 4) is 0 Å². The van der Waals surface area contributed by atoms with Gasteiger partial charge in [0.2, 0.25) is 5.91 Å². The Bertz CT molecular complexity index is 490. The molecule has 5 N–H and O–H groups in total. The van der Waals surface area contributed by atoms with Crippen LogP contribution in [0, 0.1) is 0 Å². The maximum atomic E-state index is 11.7. The highest BCUT2D eigenvalue weighted by Crippen LogP contribution is 1.98. The van der Waals surface area contributed by atoms with E-state index in [4.69, 9.17) is 10.8 Å². The average Bonchev–Trinajstić information content (AvgIpc) is 2.46. The fourth-order valence-corrected chi connectivity index (χ4v) is 1.71. The zero-order valence-electron chi connectivity index (χ0n) is 11.5. The van der Waals surface area contributed by atoms with Crippen molar-refractivity contribution >= 4 is 17.8 Å². The van der Waals surface area contributed by atoms with E-state index < -0.39 is 17.9 Å². The lowest BCUT2D eigenvalue weighted by atomic mass is 10.1. The number of hydrogen-bond acceptors (Lipinski definition) is 4. The summed E-state index contributed by atoms with van der Waals surface area (Å²) in [7, 11) is 0. The normalized spacial score (nSPS) is 11.6. The number of primary amides is 1. The van der Waals surface area contributed by atoms with Gasteiger partial charge in [-0.2, -0.15) is 0 Å². The van der Waals surface area contributed by atoms with Gasteiger partial charge in [0, 0.05) is 25.1 Å². The van der Waals surface area contributed by atoms with Crippen LogP contribution in [0.3, 0.4) is 0 Å². The number of carboxylic acids is 1. The molecule has 7 nitrogen and oxygen atoms in total. The summed E-state index contributed by atoms with van der Waals surface area (Å²) >= 11 is 0. The van der Waals surface area contributed by atoms with Gasteiger partial charge in [-0.1, -0.05) is 18.2 Å². The van der Waals surface area contributed by atoms with Gasteiger partial charge in [-0.15, -0.1) is 0 Å². The number of rotatable bonds is 9.